The van der Waals surface area contributed by atoms with E-state index in [2.05, 4.69) is 0 Å². The van der Waals surface area contributed by atoms with Crippen molar-refractivity contribution in [3.63, 3.8) is 0 Å². The van der Waals surface area contributed by atoms with Gasteiger partial charge in [0.2, 0.25) is 0 Å². The van der Waals surface area contributed by atoms with E-state index < -0.39 is 0 Å². The lowest BCUT2D eigenvalue weighted by Gasteiger charge is -2.20. The van der Waals surface area contributed by atoms with Crippen LogP contribution in [0.15, 0.2) is 18.2 Å². The van der Waals surface area contributed by atoms with Crippen LogP contribution in [0.3, 0.4) is 0 Å². The minimum absolute atomic E-state index is 0.223. The number of aliphatic hydroxyl groups is 1. The number of aryl methyl sites for hydroxylation is 1. The number of benzene rings is 1. The molecule has 1 aliphatic carbocycles. The van der Waals surface area contributed by atoms with Crippen molar-refractivity contribution in [3.8, 4) is 5.75 Å². The summed E-state index contributed by atoms with van der Waals surface area (Å²) < 4.78 is 0. The zero-order valence-electron chi connectivity index (χ0n) is 6.83. The molecule has 64 valence electrons. The lowest BCUT2D eigenvalue weighted by Crippen LogP contribution is -2.18. The highest BCUT2D eigenvalue weighted by molar-refractivity contribution is 5.36. The predicted octanol–water partition coefficient (Wildman–Crippen LogP) is 1.24. The zero-order chi connectivity index (χ0) is 8.55. The van der Waals surface area contributed by atoms with Crippen molar-refractivity contribution < 1.29 is 10.2 Å². The first kappa shape index (κ1) is 7.62. The Bertz CT molecular complexity index is 294. The Kier molecular flexibility index (Phi) is 1.77. The number of hydrogen-bond donors (Lipinski definition) is 2. The molecule has 0 saturated heterocycles. The zero-order valence-corrected chi connectivity index (χ0v) is 6.83. The molecule has 1 unspecified atom stereocenters. The molecule has 0 spiro atoms. The van der Waals surface area contributed by atoms with Crippen LogP contribution in [0.2, 0.25) is 0 Å². The Hall–Kier alpha value is -1.02. The molecular weight excluding hydrogens is 152 g/mol. The van der Waals surface area contributed by atoms with Gasteiger partial charge >= 0.3 is 0 Å². The van der Waals surface area contributed by atoms with E-state index >= 15 is 0 Å². The Morgan fingerprint density at radius 3 is 2.92 bits per heavy atom. The fourth-order valence-corrected chi connectivity index (χ4v) is 1.72. The number of aliphatic hydroxyl groups excluding tert-OH is 1. The van der Waals surface area contributed by atoms with E-state index in [1.165, 1.54) is 5.56 Å². The van der Waals surface area contributed by atoms with Gasteiger partial charge in [-0.15, -0.1) is 0 Å². The van der Waals surface area contributed by atoms with Gasteiger partial charge < -0.3 is 10.2 Å². The molecule has 0 saturated carbocycles. The summed E-state index contributed by atoms with van der Waals surface area (Å²) in [5.74, 6) is 0.294. The minimum Gasteiger partial charge on any atom is -0.508 e. The summed E-state index contributed by atoms with van der Waals surface area (Å²) in [6.07, 6.45) is 2.23. The van der Waals surface area contributed by atoms with Gasteiger partial charge in [-0.05, 0) is 42.5 Å². The fourth-order valence-electron chi connectivity index (χ4n) is 1.72. The molecule has 1 aromatic rings. The third-order valence-corrected chi connectivity index (χ3v) is 2.39. The van der Waals surface area contributed by atoms with Gasteiger partial charge in [-0.2, -0.15) is 0 Å². The van der Waals surface area contributed by atoms with Crippen molar-refractivity contribution in [2.75, 3.05) is 0 Å². The summed E-state index contributed by atoms with van der Waals surface area (Å²) in [4.78, 5) is 0. The van der Waals surface area contributed by atoms with Gasteiger partial charge in [0, 0.05) is 0 Å². The summed E-state index contributed by atoms with van der Waals surface area (Å²) in [7, 11) is 0. The van der Waals surface area contributed by atoms with Gasteiger partial charge in [0.15, 0.2) is 0 Å². The molecule has 0 aliphatic heterocycles. The molecule has 1 aliphatic rings. The third kappa shape index (κ3) is 1.30. The summed E-state index contributed by atoms with van der Waals surface area (Å²) >= 11 is 0. The molecule has 0 aromatic heterocycles. The topological polar surface area (TPSA) is 40.5 Å². The lowest BCUT2D eigenvalue weighted by atomic mass is 9.90. The maximum atomic E-state index is 9.37. The summed E-state index contributed by atoms with van der Waals surface area (Å²) in [5.41, 5.74) is 2.35. The van der Waals surface area contributed by atoms with E-state index in [0.717, 1.165) is 18.4 Å². The van der Waals surface area contributed by atoms with E-state index in [1.807, 2.05) is 6.07 Å². The molecular formula is C10H12O2. The highest BCUT2D eigenvalue weighted by Crippen LogP contribution is 2.24. The van der Waals surface area contributed by atoms with Crippen LogP contribution in [-0.2, 0) is 12.8 Å². The normalized spacial score (nSPS) is 21.9. The largest absolute Gasteiger partial charge is 0.508 e. The minimum atomic E-state index is -0.223. The Morgan fingerprint density at radius 1 is 1.25 bits per heavy atom. The summed E-state index contributed by atoms with van der Waals surface area (Å²) in [6.45, 7) is 0. The maximum Gasteiger partial charge on any atom is 0.115 e. The van der Waals surface area contributed by atoms with Crippen LogP contribution < -0.4 is 0 Å². The summed E-state index contributed by atoms with van der Waals surface area (Å²) in [5, 5.41) is 18.6. The average Bonchev–Trinajstić information content (AvgIpc) is 2.03. The van der Waals surface area contributed by atoms with Crippen LogP contribution >= 0.6 is 0 Å². The van der Waals surface area contributed by atoms with Crippen molar-refractivity contribution in [2.24, 2.45) is 0 Å². The number of aromatic hydroxyl groups is 1. The highest BCUT2D eigenvalue weighted by atomic mass is 16.3. The fraction of sp³-hybridized carbons (Fsp3) is 0.400. The lowest BCUT2D eigenvalue weighted by molar-refractivity contribution is 0.158. The number of phenols is 1. The second-order valence-electron chi connectivity index (χ2n) is 3.35. The first-order valence-electron chi connectivity index (χ1n) is 4.24. The van der Waals surface area contributed by atoms with Crippen LogP contribution in [0.4, 0.5) is 0 Å². The molecule has 2 rings (SSSR count). The SMILES string of the molecule is Oc1ccc2c(c1)CC(O)CC2. The van der Waals surface area contributed by atoms with Crippen LogP contribution in [0.25, 0.3) is 0 Å². The van der Waals surface area contributed by atoms with E-state index in [4.69, 9.17) is 0 Å². The van der Waals surface area contributed by atoms with Crippen LogP contribution in [0.1, 0.15) is 17.5 Å². The summed E-state index contributed by atoms with van der Waals surface area (Å²) in [6, 6.07) is 5.39. The van der Waals surface area contributed by atoms with Crippen LogP contribution in [0.5, 0.6) is 5.75 Å². The van der Waals surface area contributed by atoms with Gasteiger partial charge in [0.05, 0.1) is 6.10 Å². The monoisotopic (exact) mass is 164 g/mol. The number of rotatable bonds is 0. The van der Waals surface area contributed by atoms with Crippen molar-refractivity contribution >= 4 is 0 Å². The Morgan fingerprint density at radius 2 is 2.08 bits per heavy atom. The second-order valence-corrected chi connectivity index (χ2v) is 3.35. The van der Waals surface area contributed by atoms with E-state index in [9.17, 15) is 10.2 Å². The van der Waals surface area contributed by atoms with Crippen molar-refractivity contribution in [3.05, 3.63) is 29.3 Å². The third-order valence-electron chi connectivity index (χ3n) is 2.39. The van der Waals surface area contributed by atoms with Gasteiger partial charge in [-0.25, -0.2) is 0 Å². The Labute approximate surface area is 71.5 Å². The molecule has 0 heterocycles. The van der Waals surface area contributed by atoms with E-state index in [1.54, 1.807) is 12.1 Å². The Balaban J connectivity index is 2.37. The number of hydrogen-bond acceptors (Lipinski definition) is 2. The van der Waals surface area contributed by atoms with Crippen molar-refractivity contribution in [1.29, 1.82) is 0 Å². The van der Waals surface area contributed by atoms with Gasteiger partial charge in [0.1, 0.15) is 5.75 Å². The quantitative estimate of drug-likeness (QED) is 0.605. The standard InChI is InChI=1S/C10H12O2/c11-9-3-1-7-2-4-10(12)6-8(7)5-9/h1,3,5,10-12H,2,4,6H2. The molecule has 0 radical (unpaired) electrons. The molecule has 0 fully saturated rings. The molecule has 1 aromatic carbocycles. The highest BCUT2D eigenvalue weighted by Gasteiger charge is 2.15. The molecule has 12 heavy (non-hydrogen) atoms. The van der Waals surface area contributed by atoms with Gasteiger partial charge in [-0.1, -0.05) is 6.07 Å². The van der Waals surface area contributed by atoms with E-state index in [-0.39, 0.29) is 6.10 Å². The second kappa shape index (κ2) is 2.79. The van der Waals surface area contributed by atoms with Gasteiger partial charge in [0.25, 0.3) is 0 Å². The molecule has 2 N–H and O–H groups in total. The molecule has 0 amide bonds. The number of phenolic OH excluding ortho intramolecular Hbond substituents is 1. The van der Waals surface area contributed by atoms with Gasteiger partial charge in [-0.3, -0.25) is 0 Å². The average molecular weight is 164 g/mol. The number of fused-ring (bicyclic) bond motifs is 1. The molecule has 1 atom stereocenters. The predicted molar refractivity (Wildman–Crippen MR) is 46.1 cm³/mol. The first-order valence-corrected chi connectivity index (χ1v) is 4.24. The van der Waals surface area contributed by atoms with Crippen LogP contribution in [-0.4, -0.2) is 16.3 Å². The van der Waals surface area contributed by atoms with Crippen LogP contribution in [0, 0.1) is 0 Å². The van der Waals surface area contributed by atoms with E-state index in [0.29, 0.717) is 12.2 Å². The maximum absolute atomic E-state index is 9.37. The molecule has 2 nitrogen and oxygen atoms in total. The molecule has 2 heteroatoms. The first-order chi connectivity index (χ1) is 5.75. The van der Waals surface area contributed by atoms with Crippen molar-refractivity contribution in [1.82, 2.24) is 0 Å². The van der Waals surface area contributed by atoms with Crippen molar-refractivity contribution in [2.45, 2.75) is 25.4 Å². The molecule has 0 bridgehead atoms. The smallest absolute Gasteiger partial charge is 0.115 e.